The molecule has 0 bridgehead atoms. The van der Waals surface area contributed by atoms with Gasteiger partial charge < -0.3 is 10.4 Å². The number of carbonyl (C=O) groups is 1. The van der Waals surface area contributed by atoms with Crippen molar-refractivity contribution in [3.63, 3.8) is 0 Å². The highest BCUT2D eigenvalue weighted by molar-refractivity contribution is 7.89. The summed E-state index contributed by atoms with van der Waals surface area (Å²) in [5, 5.41) is 12.0. The maximum absolute atomic E-state index is 12.0. The molecule has 1 rings (SSSR count). The number of sulfonamides is 1. The maximum atomic E-state index is 12.0. The van der Waals surface area contributed by atoms with Crippen molar-refractivity contribution in [1.29, 1.82) is 0 Å². The van der Waals surface area contributed by atoms with Crippen molar-refractivity contribution in [2.75, 3.05) is 18.4 Å². The van der Waals surface area contributed by atoms with Crippen LogP contribution in [0.1, 0.15) is 20.8 Å². The molecule has 1 aromatic carbocycles. The lowest BCUT2D eigenvalue weighted by Crippen LogP contribution is -2.32. The fourth-order valence-corrected chi connectivity index (χ4v) is 2.73. The lowest BCUT2D eigenvalue weighted by Gasteiger charge is -2.21. The number of rotatable bonds is 7. The standard InChI is InChI=1S/C13H20N2O4S/c1-4-15-20(18,19)11-8-6-5-7-10(11)14-9-13(2,3)12(16)17/h5-8,14-15H,4,9H2,1-3H3,(H,16,17). The van der Waals surface area contributed by atoms with Gasteiger partial charge in [-0.1, -0.05) is 19.1 Å². The van der Waals surface area contributed by atoms with Crippen molar-refractivity contribution in [3.05, 3.63) is 24.3 Å². The van der Waals surface area contributed by atoms with Crippen molar-refractivity contribution in [2.45, 2.75) is 25.7 Å². The number of aliphatic carboxylic acids is 1. The van der Waals surface area contributed by atoms with Gasteiger partial charge in [0.25, 0.3) is 0 Å². The van der Waals surface area contributed by atoms with E-state index in [2.05, 4.69) is 10.0 Å². The minimum absolute atomic E-state index is 0.114. The van der Waals surface area contributed by atoms with Gasteiger partial charge in [-0.3, -0.25) is 4.79 Å². The predicted octanol–water partition coefficient (Wildman–Crippen LogP) is 1.51. The molecule has 0 unspecified atom stereocenters. The third kappa shape index (κ3) is 3.94. The molecule has 3 N–H and O–H groups in total. The minimum Gasteiger partial charge on any atom is -0.481 e. The zero-order valence-electron chi connectivity index (χ0n) is 11.8. The summed E-state index contributed by atoms with van der Waals surface area (Å²) in [6, 6.07) is 6.41. The SMILES string of the molecule is CCNS(=O)(=O)c1ccccc1NCC(C)(C)C(=O)O. The maximum Gasteiger partial charge on any atom is 0.310 e. The second-order valence-electron chi connectivity index (χ2n) is 5.04. The number of benzene rings is 1. The van der Waals surface area contributed by atoms with Gasteiger partial charge in [-0.25, -0.2) is 13.1 Å². The van der Waals surface area contributed by atoms with Gasteiger partial charge in [0.1, 0.15) is 4.90 Å². The Labute approximate surface area is 119 Å². The Morgan fingerprint density at radius 2 is 1.90 bits per heavy atom. The zero-order chi connectivity index (χ0) is 15.4. The van der Waals surface area contributed by atoms with E-state index in [1.807, 2.05) is 0 Å². The molecule has 112 valence electrons. The molecule has 20 heavy (non-hydrogen) atoms. The first-order chi connectivity index (χ1) is 9.20. The van der Waals surface area contributed by atoms with Crippen LogP contribution in [0.3, 0.4) is 0 Å². The smallest absolute Gasteiger partial charge is 0.310 e. The Hall–Kier alpha value is -1.60. The third-order valence-corrected chi connectivity index (χ3v) is 4.41. The van der Waals surface area contributed by atoms with Gasteiger partial charge in [0, 0.05) is 13.1 Å². The molecule has 7 heteroatoms. The monoisotopic (exact) mass is 300 g/mol. The normalized spacial score (nSPS) is 12.2. The van der Waals surface area contributed by atoms with E-state index in [0.717, 1.165) is 0 Å². The van der Waals surface area contributed by atoms with Gasteiger partial charge in [0.05, 0.1) is 11.1 Å². The molecule has 0 aliphatic carbocycles. The molecule has 0 radical (unpaired) electrons. The Balaban J connectivity index is 3.01. The number of hydrogen-bond donors (Lipinski definition) is 3. The Morgan fingerprint density at radius 1 is 1.30 bits per heavy atom. The molecule has 6 nitrogen and oxygen atoms in total. The number of hydrogen-bond acceptors (Lipinski definition) is 4. The van der Waals surface area contributed by atoms with Crippen LogP contribution in [0.25, 0.3) is 0 Å². The van der Waals surface area contributed by atoms with E-state index in [-0.39, 0.29) is 18.0 Å². The molecule has 0 spiro atoms. The highest BCUT2D eigenvalue weighted by Crippen LogP contribution is 2.23. The van der Waals surface area contributed by atoms with Crippen LogP contribution in [0.15, 0.2) is 29.2 Å². The molecule has 0 aliphatic heterocycles. The first kappa shape index (κ1) is 16.5. The van der Waals surface area contributed by atoms with Crippen LogP contribution < -0.4 is 10.0 Å². The van der Waals surface area contributed by atoms with E-state index < -0.39 is 21.4 Å². The van der Waals surface area contributed by atoms with E-state index in [9.17, 15) is 13.2 Å². The molecule has 0 saturated carbocycles. The van der Waals surface area contributed by atoms with Crippen LogP contribution in [0, 0.1) is 5.41 Å². The molecule has 0 amide bonds. The quantitative estimate of drug-likeness (QED) is 0.709. The van der Waals surface area contributed by atoms with Crippen molar-refractivity contribution < 1.29 is 18.3 Å². The highest BCUT2D eigenvalue weighted by atomic mass is 32.2. The van der Waals surface area contributed by atoms with Crippen molar-refractivity contribution in [2.24, 2.45) is 5.41 Å². The first-order valence-electron chi connectivity index (χ1n) is 6.26. The summed E-state index contributed by atoms with van der Waals surface area (Å²) in [7, 11) is -3.59. The number of anilines is 1. The van der Waals surface area contributed by atoms with Crippen molar-refractivity contribution in [1.82, 2.24) is 4.72 Å². The van der Waals surface area contributed by atoms with Gasteiger partial charge in [0.2, 0.25) is 10.0 Å². The van der Waals surface area contributed by atoms with E-state index in [0.29, 0.717) is 5.69 Å². The number of carboxylic acid groups (broad SMARTS) is 1. The summed E-state index contributed by atoms with van der Waals surface area (Å²) in [5.41, 5.74) is -0.600. The number of para-hydroxylation sites is 1. The van der Waals surface area contributed by atoms with Gasteiger partial charge in [0.15, 0.2) is 0 Å². The van der Waals surface area contributed by atoms with Crippen LogP contribution in [-0.4, -0.2) is 32.6 Å². The Kier molecular flexibility index (Phi) is 5.13. The molecular formula is C13H20N2O4S. The van der Waals surface area contributed by atoms with Crippen molar-refractivity contribution >= 4 is 21.7 Å². The lowest BCUT2D eigenvalue weighted by molar-refractivity contribution is -0.146. The van der Waals surface area contributed by atoms with Crippen LogP contribution in [0.5, 0.6) is 0 Å². The highest BCUT2D eigenvalue weighted by Gasteiger charge is 2.27. The summed E-state index contributed by atoms with van der Waals surface area (Å²) in [5.74, 6) is -0.947. The van der Waals surface area contributed by atoms with Gasteiger partial charge >= 0.3 is 5.97 Å². The molecule has 0 heterocycles. The second-order valence-corrected chi connectivity index (χ2v) is 6.78. The molecule has 0 aromatic heterocycles. The summed E-state index contributed by atoms with van der Waals surface area (Å²) in [4.78, 5) is 11.2. The fraction of sp³-hybridized carbons (Fsp3) is 0.462. The summed E-state index contributed by atoms with van der Waals surface area (Å²) >= 11 is 0. The zero-order valence-corrected chi connectivity index (χ0v) is 12.6. The van der Waals surface area contributed by atoms with E-state index in [1.165, 1.54) is 6.07 Å². The Bertz CT molecular complexity index is 582. The summed E-state index contributed by atoms with van der Waals surface area (Å²) < 4.78 is 26.5. The first-order valence-corrected chi connectivity index (χ1v) is 7.75. The van der Waals surface area contributed by atoms with E-state index in [4.69, 9.17) is 5.11 Å². The van der Waals surface area contributed by atoms with E-state index in [1.54, 1.807) is 39.0 Å². The topological polar surface area (TPSA) is 95.5 Å². The van der Waals surface area contributed by atoms with Crippen LogP contribution in [0.2, 0.25) is 0 Å². The molecule has 0 aliphatic rings. The van der Waals surface area contributed by atoms with Gasteiger partial charge in [-0.15, -0.1) is 0 Å². The Morgan fingerprint density at radius 3 is 2.45 bits per heavy atom. The summed E-state index contributed by atoms with van der Waals surface area (Å²) in [6.07, 6.45) is 0. The third-order valence-electron chi connectivity index (χ3n) is 2.81. The van der Waals surface area contributed by atoms with E-state index >= 15 is 0 Å². The average molecular weight is 300 g/mol. The molecule has 1 aromatic rings. The molecular weight excluding hydrogens is 280 g/mol. The van der Waals surface area contributed by atoms with Crippen LogP contribution in [0.4, 0.5) is 5.69 Å². The largest absolute Gasteiger partial charge is 0.481 e. The molecule has 0 atom stereocenters. The minimum atomic E-state index is -3.59. The lowest BCUT2D eigenvalue weighted by atomic mass is 9.94. The molecule has 0 fully saturated rings. The predicted molar refractivity (Wildman–Crippen MR) is 77.2 cm³/mol. The summed E-state index contributed by atoms with van der Waals surface area (Å²) in [6.45, 7) is 5.26. The van der Waals surface area contributed by atoms with Crippen LogP contribution >= 0.6 is 0 Å². The van der Waals surface area contributed by atoms with Gasteiger partial charge in [-0.2, -0.15) is 0 Å². The molecule has 0 saturated heterocycles. The van der Waals surface area contributed by atoms with Crippen molar-refractivity contribution in [3.8, 4) is 0 Å². The number of nitrogens with one attached hydrogen (secondary N) is 2. The second kappa shape index (κ2) is 6.23. The fourth-order valence-electron chi connectivity index (χ4n) is 1.51. The number of carboxylic acids is 1. The average Bonchev–Trinajstić information content (AvgIpc) is 2.36. The van der Waals surface area contributed by atoms with Crippen LogP contribution in [-0.2, 0) is 14.8 Å². The van der Waals surface area contributed by atoms with Gasteiger partial charge in [-0.05, 0) is 26.0 Å².